The first-order chi connectivity index (χ1) is 8.45. The Morgan fingerprint density at radius 3 is 2.11 bits per heavy atom. The molecule has 2 rings (SSSR count). The summed E-state index contributed by atoms with van der Waals surface area (Å²) < 4.78 is 5.66. The summed E-state index contributed by atoms with van der Waals surface area (Å²) in [7, 11) is 0. The molecule has 0 unspecified atom stereocenters. The van der Waals surface area contributed by atoms with Crippen molar-refractivity contribution in [3.63, 3.8) is 0 Å². The van der Waals surface area contributed by atoms with Crippen LogP contribution in [0.3, 0.4) is 0 Å². The van der Waals surface area contributed by atoms with E-state index in [2.05, 4.69) is 4.98 Å². The van der Waals surface area contributed by atoms with Crippen LogP contribution in [0.1, 0.15) is 25.1 Å². The molecular formula is C15H17NO2. The van der Waals surface area contributed by atoms with Crippen molar-refractivity contribution < 1.29 is 9.84 Å². The third-order valence-corrected chi connectivity index (χ3v) is 2.68. The molecule has 0 bridgehead atoms. The molecule has 1 heterocycles. The first kappa shape index (κ1) is 12.6. The van der Waals surface area contributed by atoms with Crippen LogP contribution in [0, 0.1) is 6.92 Å². The molecule has 0 saturated carbocycles. The molecule has 0 aliphatic carbocycles. The molecule has 1 aromatic heterocycles. The summed E-state index contributed by atoms with van der Waals surface area (Å²) in [6.07, 6.45) is 1.69. The van der Waals surface area contributed by atoms with Gasteiger partial charge in [-0.3, -0.25) is 4.98 Å². The van der Waals surface area contributed by atoms with Gasteiger partial charge in [0.05, 0.1) is 11.8 Å². The number of aliphatic hydroxyl groups is 1. The van der Waals surface area contributed by atoms with E-state index in [1.54, 1.807) is 20.0 Å². The fourth-order valence-corrected chi connectivity index (χ4v) is 1.58. The van der Waals surface area contributed by atoms with Crippen molar-refractivity contribution in [3.05, 3.63) is 53.9 Å². The minimum atomic E-state index is -0.829. The summed E-state index contributed by atoms with van der Waals surface area (Å²) >= 11 is 0. The highest BCUT2D eigenvalue weighted by Gasteiger charge is 2.15. The smallest absolute Gasteiger partial charge is 0.145 e. The Kier molecular flexibility index (Phi) is 3.34. The van der Waals surface area contributed by atoms with Gasteiger partial charge in [-0.05, 0) is 50.6 Å². The summed E-state index contributed by atoms with van der Waals surface area (Å²) in [4.78, 5) is 4.17. The number of benzene rings is 1. The maximum absolute atomic E-state index is 9.85. The van der Waals surface area contributed by atoms with Crippen molar-refractivity contribution in [2.24, 2.45) is 0 Å². The fraction of sp³-hybridized carbons (Fsp3) is 0.267. The lowest BCUT2D eigenvalue weighted by Gasteiger charge is -2.17. The van der Waals surface area contributed by atoms with Gasteiger partial charge in [0.15, 0.2) is 0 Å². The van der Waals surface area contributed by atoms with Crippen molar-refractivity contribution in [2.75, 3.05) is 0 Å². The largest absolute Gasteiger partial charge is 0.456 e. The first-order valence-corrected chi connectivity index (χ1v) is 5.88. The van der Waals surface area contributed by atoms with Crippen molar-refractivity contribution in [1.82, 2.24) is 4.98 Å². The second kappa shape index (κ2) is 4.78. The predicted octanol–water partition coefficient (Wildman–Crippen LogP) is 3.41. The van der Waals surface area contributed by atoms with E-state index in [1.807, 2.05) is 43.3 Å². The van der Waals surface area contributed by atoms with Gasteiger partial charge in [-0.1, -0.05) is 12.1 Å². The summed E-state index contributed by atoms with van der Waals surface area (Å²) in [5.41, 5.74) is 0.987. The molecule has 1 aromatic carbocycles. The van der Waals surface area contributed by atoms with E-state index in [4.69, 9.17) is 4.74 Å². The van der Waals surface area contributed by atoms with E-state index < -0.39 is 5.60 Å². The minimum absolute atomic E-state index is 0.705. The summed E-state index contributed by atoms with van der Waals surface area (Å²) in [6.45, 7) is 5.45. The van der Waals surface area contributed by atoms with E-state index in [1.165, 1.54) is 0 Å². The van der Waals surface area contributed by atoms with E-state index >= 15 is 0 Å². The second-order valence-electron chi connectivity index (χ2n) is 4.82. The molecule has 94 valence electrons. The quantitative estimate of drug-likeness (QED) is 0.898. The molecule has 0 aliphatic heterocycles. The zero-order valence-electron chi connectivity index (χ0n) is 10.8. The van der Waals surface area contributed by atoms with E-state index in [9.17, 15) is 5.11 Å². The maximum Gasteiger partial charge on any atom is 0.145 e. The van der Waals surface area contributed by atoms with Crippen LogP contribution in [0.2, 0.25) is 0 Å². The van der Waals surface area contributed by atoms with Crippen LogP contribution in [0.5, 0.6) is 11.5 Å². The predicted molar refractivity (Wildman–Crippen MR) is 70.7 cm³/mol. The lowest BCUT2D eigenvalue weighted by molar-refractivity contribution is 0.0786. The first-order valence-electron chi connectivity index (χ1n) is 5.88. The Morgan fingerprint density at radius 2 is 1.61 bits per heavy atom. The van der Waals surface area contributed by atoms with Crippen LogP contribution in [0.4, 0.5) is 0 Å². The number of ether oxygens (including phenoxy) is 1. The number of nitrogens with zero attached hydrogens (tertiary/aromatic N) is 1. The second-order valence-corrected chi connectivity index (χ2v) is 4.82. The van der Waals surface area contributed by atoms with Gasteiger partial charge < -0.3 is 9.84 Å². The van der Waals surface area contributed by atoms with Crippen molar-refractivity contribution >= 4 is 0 Å². The summed E-state index contributed by atoms with van der Waals surface area (Å²) in [5, 5.41) is 9.85. The highest BCUT2D eigenvalue weighted by atomic mass is 16.5. The Balaban J connectivity index is 2.13. The molecule has 3 nitrogen and oxygen atoms in total. The molecule has 0 radical (unpaired) electrons. The molecule has 0 atom stereocenters. The molecule has 0 saturated heterocycles. The van der Waals surface area contributed by atoms with E-state index in [0.29, 0.717) is 5.75 Å². The average molecular weight is 243 g/mol. The average Bonchev–Trinajstić information content (AvgIpc) is 2.32. The van der Waals surface area contributed by atoms with Crippen LogP contribution >= 0.6 is 0 Å². The minimum Gasteiger partial charge on any atom is -0.456 e. The molecule has 0 aliphatic rings. The molecule has 0 spiro atoms. The van der Waals surface area contributed by atoms with Gasteiger partial charge in [0.25, 0.3) is 0 Å². The molecular weight excluding hydrogens is 226 g/mol. The van der Waals surface area contributed by atoms with Crippen molar-refractivity contribution in [3.8, 4) is 11.5 Å². The Hall–Kier alpha value is -1.87. The standard InChI is InChI=1S/C15H17NO2/c1-11-4-7-14(10-16-11)18-13-8-5-12(6-9-13)15(2,3)17/h4-10,17H,1-3H3. The number of aryl methyl sites for hydroxylation is 1. The van der Waals surface area contributed by atoms with Crippen LogP contribution in [0.15, 0.2) is 42.6 Å². The Bertz CT molecular complexity index is 510. The fourth-order valence-electron chi connectivity index (χ4n) is 1.58. The van der Waals surface area contributed by atoms with Crippen LogP contribution in [0.25, 0.3) is 0 Å². The SMILES string of the molecule is Cc1ccc(Oc2ccc(C(C)(C)O)cc2)cn1. The number of pyridine rings is 1. The maximum atomic E-state index is 9.85. The highest BCUT2D eigenvalue weighted by Crippen LogP contribution is 2.25. The lowest BCUT2D eigenvalue weighted by atomic mass is 9.99. The van der Waals surface area contributed by atoms with Crippen LogP contribution in [-0.2, 0) is 5.60 Å². The molecule has 18 heavy (non-hydrogen) atoms. The van der Waals surface area contributed by atoms with Crippen molar-refractivity contribution in [2.45, 2.75) is 26.4 Å². The molecule has 0 amide bonds. The molecule has 2 aromatic rings. The zero-order chi connectivity index (χ0) is 13.2. The number of hydrogen-bond donors (Lipinski definition) is 1. The molecule has 3 heteroatoms. The zero-order valence-corrected chi connectivity index (χ0v) is 10.8. The van der Waals surface area contributed by atoms with E-state index in [0.717, 1.165) is 17.0 Å². The third-order valence-electron chi connectivity index (χ3n) is 2.68. The van der Waals surface area contributed by atoms with Crippen LogP contribution in [-0.4, -0.2) is 10.1 Å². The summed E-state index contributed by atoms with van der Waals surface area (Å²) in [5.74, 6) is 1.44. The Morgan fingerprint density at radius 1 is 1.00 bits per heavy atom. The highest BCUT2D eigenvalue weighted by molar-refractivity contribution is 5.33. The number of aromatic nitrogens is 1. The van der Waals surface area contributed by atoms with E-state index in [-0.39, 0.29) is 0 Å². The normalized spacial score (nSPS) is 11.3. The Labute approximate surface area is 107 Å². The van der Waals surface area contributed by atoms with Gasteiger partial charge >= 0.3 is 0 Å². The molecule has 1 N–H and O–H groups in total. The summed E-state index contributed by atoms with van der Waals surface area (Å²) in [6, 6.07) is 11.2. The third kappa shape index (κ3) is 3.08. The number of hydrogen-bond acceptors (Lipinski definition) is 3. The van der Waals surface area contributed by atoms with Gasteiger partial charge in [0, 0.05) is 5.69 Å². The van der Waals surface area contributed by atoms with Gasteiger partial charge in [0.1, 0.15) is 11.5 Å². The number of rotatable bonds is 3. The van der Waals surface area contributed by atoms with Gasteiger partial charge in [-0.15, -0.1) is 0 Å². The lowest BCUT2D eigenvalue weighted by Crippen LogP contribution is -2.14. The monoisotopic (exact) mass is 243 g/mol. The van der Waals surface area contributed by atoms with Gasteiger partial charge in [-0.2, -0.15) is 0 Å². The molecule has 0 fully saturated rings. The van der Waals surface area contributed by atoms with Crippen LogP contribution < -0.4 is 4.74 Å². The van der Waals surface area contributed by atoms with Crippen molar-refractivity contribution in [1.29, 1.82) is 0 Å². The van der Waals surface area contributed by atoms with Gasteiger partial charge in [-0.25, -0.2) is 0 Å². The topological polar surface area (TPSA) is 42.4 Å². The van der Waals surface area contributed by atoms with Gasteiger partial charge in [0.2, 0.25) is 0 Å².